The molecular formula is C21H22O4. The molecule has 4 heteroatoms. The first kappa shape index (κ1) is 17.3. The van der Waals surface area contributed by atoms with Crippen LogP contribution in [0.5, 0.6) is 11.5 Å². The first-order chi connectivity index (χ1) is 12.1. The molecule has 4 nitrogen and oxygen atoms in total. The number of carbonyl (C=O) groups is 1. The lowest BCUT2D eigenvalue weighted by Gasteiger charge is -2.27. The summed E-state index contributed by atoms with van der Waals surface area (Å²) in [7, 11) is 0. The number of ketones is 1. The van der Waals surface area contributed by atoms with Crippen molar-refractivity contribution in [1.29, 1.82) is 0 Å². The van der Waals surface area contributed by atoms with Crippen molar-refractivity contribution in [2.45, 2.75) is 26.7 Å². The van der Waals surface area contributed by atoms with Gasteiger partial charge in [0.1, 0.15) is 23.9 Å². The van der Waals surface area contributed by atoms with Crippen LogP contribution in [0, 0.1) is 23.7 Å². The van der Waals surface area contributed by atoms with Crippen molar-refractivity contribution in [2.24, 2.45) is 11.8 Å². The van der Waals surface area contributed by atoms with E-state index in [1.165, 1.54) is 0 Å². The third-order valence-electron chi connectivity index (χ3n) is 4.02. The Labute approximate surface area is 148 Å². The highest BCUT2D eigenvalue weighted by molar-refractivity contribution is 5.95. The van der Waals surface area contributed by atoms with Crippen LogP contribution in [0.25, 0.3) is 0 Å². The second-order valence-corrected chi connectivity index (χ2v) is 6.52. The molecule has 0 saturated heterocycles. The molecule has 2 aliphatic rings. The number of rotatable bonds is 5. The molecule has 1 unspecified atom stereocenters. The van der Waals surface area contributed by atoms with Gasteiger partial charge in [0.15, 0.2) is 12.6 Å². The molecule has 1 aromatic rings. The SMILES string of the molecule is CC(C)CC#CCOCOc1ccc2c(c1)OC1=CC=CC(=O)C1C2. The number of carbonyl (C=O) groups excluding carboxylic acids is 1. The lowest BCUT2D eigenvalue weighted by Crippen LogP contribution is -2.26. The van der Waals surface area contributed by atoms with Crippen molar-refractivity contribution < 1.29 is 19.0 Å². The van der Waals surface area contributed by atoms with Crippen molar-refractivity contribution in [2.75, 3.05) is 13.4 Å². The number of benzene rings is 1. The predicted octanol–water partition coefficient (Wildman–Crippen LogP) is 3.66. The molecule has 1 aliphatic carbocycles. The summed E-state index contributed by atoms with van der Waals surface area (Å²) in [5.41, 5.74) is 1.01. The lowest BCUT2D eigenvalue weighted by atomic mass is 9.88. The van der Waals surface area contributed by atoms with Gasteiger partial charge >= 0.3 is 0 Å². The Kier molecular flexibility index (Phi) is 5.57. The van der Waals surface area contributed by atoms with Crippen LogP contribution in [-0.2, 0) is 16.0 Å². The zero-order valence-electron chi connectivity index (χ0n) is 14.6. The summed E-state index contributed by atoms with van der Waals surface area (Å²) < 4.78 is 16.8. The average molecular weight is 338 g/mol. The number of fused-ring (bicyclic) bond motifs is 2. The van der Waals surface area contributed by atoms with Crippen molar-refractivity contribution in [3.63, 3.8) is 0 Å². The first-order valence-corrected chi connectivity index (χ1v) is 8.52. The minimum Gasteiger partial charge on any atom is -0.467 e. The van der Waals surface area contributed by atoms with Gasteiger partial charge in [0.2, 0.25) is 0 Å². The molecule has 1 aliphatic heterocycles. The predicted molar refractivity (Wildman–Crippen MR) is 95.2 cm³/mol. The van der Waals surface area contributed by atoms with Crippen LogP contribution in [-0.4, -0.2) is 19.2 Å². The summed E-state index contributed by atoms with van der Waals surface area (Å²) in [5, 5.41) is 0. The highest BCUT2D eigenvalue weighted by Crippen LogP contribution is 2.37. The molecule has 1 heterocycles. The smallest absolute Gasteiger partial charge is 0.190 e. The zero-order chi connectivity index (χ0) is 17.6. The van der Waals surface area contributed by atoms with E-state index in [9.17, 15) is 4.79 Å². The van der Waals surface area contributed by atoms with Gasteiger partial charge in [-0.1, -0.05) is 31.9 Å². The second-order valence-electron chi connectivity index (χ2n) is 6.52. The average Bonchev–Trinajstić information content (AvgIpc) is 2.59. The van der Waals surface area contributed by atoms with Crippen molar-refractivity contribution in [1.82, 2.24) is 0 Å². The summed E-state index contributed by atoms with van der Waals surface area (Å²) in [6.45, 7) is 4.77. The van der Waals surface area contributed by atoms with E-state index in [-0.39, 0.29) is 18.5 Å². The van der Waals surface area contributed by atoms with Gasteiger partial charge in [0.05, 0.1) is 5.92 Å². The maximum absolute atomic E-state index is 11.9. The zero-order valence-corrected chi connectivity index (χ0v) is 14.6. The van der Waals surface area contributed by atoms with E-state index in [0.717, 1.165) is 17.7 Å². The summed E-state index contributed by atoms with van der Waals surface area (Å²) in [5.74, 6) is 8.61. The number of ether oxygens (including phenoxy) is 3. The monoisotopic (exact) mass is 338 g/mol. The third-order valence-corrected chi connectivity index (χ3v) is 4.02. The van der Waals surface area contributed by atoms with Gasteiger partial charge in [-0.15, -0.1) is 5.92 Å². The highest BCUT2D eigenvalue weighted by atomic mass is 16.7. The molecule has 1 aromatic carbocycles. The molecule has 0 amide bonds. The number of hydrogen-bond donors (Lipinski definition) is 0. The van der Waals surface area contributed by atoms with E-state index in [4.69, 9.17) is 14.2 Å². The summed E-state index contributed by atoms with van der Waals surface area (Å²) in [6, 6.07) is 5.65. The van der Waals surface area contributed by atoms with E-state index in [0.29, 0.717) is 30.5 Å². The maximum Gasteiger partial charge on any atom is 0.190 e. The Balaban J connectivity index is 1.53. The highest BCUT2D eigenvalue weighted by Gasteiger charge is 2.31. The normalized spacial score (nSPS) is 17.8. The molecular weight excluding hydrogens is 316 g/mol. The van der Waals surface area contributed by atoms with Gasteiger partial charge in [-0.25, -0.2) is 0 Å². The molecule has 0 N–H and O–H groups in total. The van der Waals surface area contributed by atoms with Crippen molar-refractivity contribution in [3.8, 4) is 23.3 Å². The van der Waals surface area contributed by atoms with E-state index in [1.54, 1.807) is 12.2 Å². The van der Waals surface area contributed by atoms with Crippen LogP contribution < -0.4 is 9.47 Å². The van der Waals surface area contributed by atoms with Crippen LogP contribution >= 0.6 is 0 Å². The molecule has 0 spiro atoms. The fraction of sp³-hybridized carbons (Fsp3) is 0.381. The van der Waals surface area contributed by atoms with Crippen molar-refractivity contribution in [3.05, 3.63) is 47.7 Å². The van der Waals surface area contributed by atoms with Crippen LogP contribution in [0.15, 0.2) is 42.2 Å². The quantitative estimate of drug-likeness (QED) is 0.467. The van der Waals surface area contributed by atoms with Crippen LogP contribution in [0.3, 0.4) is 0 Å². The Morgan fingerprint density at radius 3 is 3.04 bits per heavy atom. The van der Waals surface area contributed by atoms with Gasteiger partial charge in [-0.3, -0.25) is 4.79 Å². The van der Waals surface area contributed by atoms with Crippen LogP contribution in [0.1, 0.15) is 25.8 Å². The Bertz CT molecular complexity index is 762. The fourth-order valence-electron chi connectivity index (χ4n) is 2.68. The summed E-state index contributed by atoms with van der Waals surface area (Å²) in [6.07, 6.45) is 6.71. The molecule has 3 rings (SSSR count). The number of allylic oxidation sites excluding steroid dienone is 4. The molecule has 0 fully saturated rings. The van der Waals surface area contributed by atoms with Gasteiger partial charge in [0, 0.05) is 12.5 Å². The lowest BCUT2D eigenvalue weighted by molar-refractivity contribution is -0.118. The fourth-order valence-corrected chi connectivity index (χ4v) is 2.68. The third kappa shape index (κ3) is 4.52. The van der Waals surface area contributed by atoms with E-state index in [2.05, 4.69) is 25.7 Å². The first-order valence-electron chi connectivity index (χ1n) is 8.52. The maximum atomic E-state index is 11.9. The second kappa shape index (κ2) is 8.04. The minimum atomic E-state index is -0.197. The minimum absolute atomic E-state index is 0.0930. The van der Waals surface area contributed by atoms with Crippen LogP contribution in [0.4, 0.5) is 0 Å². The molecule has 0 radical (unpaired) electrons. The summed E-state index contributed by atoms with van der Waals surface area (Å²) in [4.78, 5) is 11.9. The molecule has 25 heavy (non-hydrogen) atoms. The molecule has 0 aromatic heterocycles. The number of hydrogen-bond acceptors (Lipinski definition) is 4. The Hall–Kier alpha value is -2.51. The Morgan fingerprint density at radius 1 is 1.32 bits per heavy atom. The van der Waals surface area contributed by atoms with E-state index >= 15 is 0 Å². The van der Waals surface area contributed by atoms with Crippen molar-refractivity contribution >= 4 is 5.78 Å². The van der Waals surface area contributed by atoms with Gasteiger partial charge < -0.3 is 14.2 Å². The molecule has 1 atom stereocenters. The molecule has 130 valence electrons. The van der Waals surface area contributed by atoms with E-state index in [1.807, 2.05) is 24.3 Å². The Morgan fingerprint density at radius 2 is 2.20 bits per heavy atom. The van der Waals surface area contributed by atoms with Gasteiger partial charge in [-0.2, -0.15) is 0 Å². The summed E-state index contributed by atoms with van der Waals surface area (Å²) >= 11 is 0. The van der Waals surface area contributed by atoms with Gasteiger partial charge in [-0.05, 0) is 36.1 Å². The van der Waals surface area contributed by atoms with Gasteiger partial charge in [0.25, 0.3) is 0 Å². The topological polar surface area (TPSA) is 44.8 Å². The molecule has 0 saturated carbocycles. The standard InChI is InChI=1S/C21H22O4/c1-15(2)6-3-4-11-23-14-24-17-10-9-16-12-18-19(22)7-5-8-20(18)25-21(16)13-17/h5,7-10,13,15,18H,6,11-12,14H2,1-2H3. The van der Waals surface area contributed by atoms with Crippen LogP contribution in [0.2, 0.25) is 0 Å². The largest absolute Gasteiger partial charge is 0.467 e. The molecule has 0 bridgehead atoms. The van der Waals surface area contributed by atoms with E-state index < -0.39 is 0 Å².